The van der Waals surface area contributed by atoms with E-state index in [2.05, 4.69) is 80.5 Å². The number of allylic oxidation sites excluding steroid dienone is 2. The second kappa shape index (κ2) is 12.5. The summed E-state index contributed by atoms with van der Waals surface area (Å²) >= 11 is 0. The van der Waals surface area contributed by atoms with Crippen LogP contribution in [0.25, 0.3) is 0 Å². The minimum absolute atomic E-state index is 0.00000715. The Morgan fingerprint density at radius 2 is 1.89 bits per heavy atom. The number of aliphatic hydroxyl groups is 1. The van der Waals surface area contributed by atoms with Crippen molar-refractivity contribution in [1.82, 2.24) is 5.32 Å². The molecule has 4 aliphatic carbocycles. The molecule has 0 bridgehead atoms. The molecule has 6 rings (SSSR count). The average molecular weight is 615 g/mol. The number of nitrogens with one attached hydrogen (secondary N) is 1. The van der Waals surface area contributed by atoms with Crippen LogP contribution in [-0.4, -0.2) is 48.2 Å². The number of hydrogen-bond acceptors (Lipinski definition) is 5. The lowest BCUT2D eigenvalue weighted by Gasteiger charge is -2.58. The minimum Gasteiger partial charge on any atom is -0.385 e. The number of rotatable bonds is 8. The molecule has 3 saturated carbocycles. The number of fused-ring (bicyclic) bond motifs is 5. The van der Waals surface area contributed by atoms with Crippen LogP contribution in [0.4, 0.5) is 0 Å². The Labute approximate surface area is 270 Å². The van der Waals surface area contributed by atoms with Crippen LogP contribution in [0, 0.1) is 46.8 Å². The summed E-state index contributed by atoms with van der Waals surface area (Å²) < 4.78 is 6.11. The van der Waals surface area contributed by atoms with Crippen LogP contribution in [0.2, 0.25) is 0 Å². The van der Waals surface area contributed by atoms with Crippen molar-refractivity contribution >= 4 is 11.6 Å². The lowest BCUT2D eigenvalue weighted by atomic mass is 9.46. The Hall–Kier alpha value is -2.62. The first-order valence-corrected chi connectivity index (χ1v) is 17.6. The molecule has 1 aromatic rings. The number of terminal acetylenes is 1. The molecular weight excluding hydrogens is 560 g/mol. The van der Waals surface area contributed by atoms with Crippen molar-refractivity contribution in [1.29, 1.82) is 0 Å². The lowest BCUT2D eigenvalue weighted by Crippen LogP contribution is -2.54. The maximum absolute atomic E-state index is 12.8. The molecule has 1 amide bonds. The Balaban J connectivity index is 1.03. The van der Waals surface area contributed by atoms with E-state index < -0.39 is 5.60 Å². The molecule has 2 N–H and O–H groups in total. The maximum Gasteiger partial charge on any atom is 0.260 e. The smallest absolute Gasteiger partial charge is 0.260 e. The highest BCUT2D eigenvalue weighted by atomic mass is 16.6. The number of oxime groups is 1. The number of carbonyl (C=O) groups excluding carboxylic acids is 1. The van der Waals surface area contributed by atoms with Gasteiger partial charge < -0.3 is 20.0 Å². The summed E-state index contributed by atoms with van der Waals surface area (Å²) in [6.45, 7) is 10.4. The van der Waals surface area contributed by atoms with Crippen LogP contribution in [0.5, 0.6) is 0 Å². The normalized spacial score (nSPS) is 40.1. The number of nitrogens with zero attached hydrogens (tertiary/aromatic N) is 1. The molecular formula is C39H54N2O4. The molecule has 0 radical (unpaired) electrons. The second-order valence-electron chi connectivity index (χ2n) is 15.7. The molecule has 45 heavy (non-hydrogen) atoms. The third-order valence-electron chi connectivity index (χ3n) is 13.3. The summed E-state index contributed by atoms with van der Waals surface area (Å²) in [7, 11) is 0. The molecule has 0 aromatic heterocycles. The third-order valence-corrected chi connectivity index (χ3v) is 13.3. The fourth-order valence-electron chi connectivity index (χ4n) is 10.4. The van der Waals surface area contributed by atoms with Crippen molar-refractivity contribution in [3.63, 3.8) is 0 Å². The SMILES string of the molecule is C#C[C@]1(O)CC[C@@H]2[C@@H]3CCC4=C/C(=N\OCC(=O)NCC[C@]5(c6ccccc6)CCO[C@@H](C(C)C)C5)CC[C@]4(C)[C@H]3CC[C@@]21C. The van der Waals surface area contributed by atoms with E-state index in [4.69, 9.17) is 16.0 Å². The van der Waals surface area contributed by atoms with Gasteiger partial charge >= 0.3 is 0 Å². The Kier molecular flexibility index (Phi) is 9.00. The van der Waals surface area contributed by atoms with Crippen LogP contribution in [-0.2, 0) is 19.8 Å². The lowest BCUT2D eigenvalue weighted by molar-refractivity contribution is -0.125. The fourth-order valence-corrected chi connectivity index (χ4v) is 10.4. The second-order valence-corrected chi connectivity index (χ2v) is 15.7. The van der Waals surface area contributed by atoms with E-state index in [1.165, 1.54) is 11.1 Å². The highest BCUT2D eigenvalue weighted by Crippen LogP contribution is 2.67. The summed E-state index contributed by atoms with van der Waals surface area (Å²) in [6, 6.07) is 10.7. The minimum atomic E-state index is -0.958. The Bertz CT molecular complexity index is 1350. The average Bonchev–Trinajstić information content (AvgIpc) is 3.32. The van der Waals surface area contributed by atoms with Crippen LogP contribution in [0.15, 0.2) is 47.1 Å². The van der Waals surface area contributed by atoms with Crippen molar-refractivity contribution < 1.29 is 19.5 Å². The van der Waals surface area contributed by atoms with Crippen molar-refractivity contribution in [3.05, 3.63) is 47.5 Å². The van der Waals surface area contributed by atoms with Gasteiger partial charge in [0.05, 0.1) is 11.8 Å². The van der Waals surface area contributed by atoms with Gasteiger partial charge in [0.25, 0.3) is 5.91 Å². The molecule has 4 fully saturated rings. The van der Waals surface area contributed by atoms with Crippen molar-refractivity contribution in [2.24, 2.45) is 39.7 Å². The predicted octanol–water partition coefficient (Wildman–Crippen LogP) is 6.97. The third kappa shape index (κ3) is 5.78. The van der Waals surface area contributed by atoms with Gasteiger partial charge in [0.15, 0.2) is 6.61 Å². The quantitative estimate of drug-likeness (QED) is 0.245. The number of hydrogen-bond donors (Lipinski definition) is 2. The molecule has 0 unspecified atom stereocenters. The first-order chi connectivity index (χ1) is 21.5. The van der Waals surface area contributed by atoms with E-state index in [1.54, 1.807) is 0 Å². The molecule has 1 saturated heterocycles. The van der Waals surface area contributed by atoms with E-state index >= 15 is 0 Å². The molecule has 1 heterocycles. The van der Waals surface area contributed by atoms with E-state index in [-0.39, 0.29) is 34.9 Å². The number of carbonyl (C=O) groups is 1. The van der Waals surface area contributed by atoms with E-state index in [1.807, 2.05) is 0 Å². The topological polar surface area (TPSA) is 80.2 Å². The molecule has 8 atom stereocenters. The summed E-state index contributed by atoms with van der Waals surface area (Å²) in [4.78, 5) is 18.4. The van der Waals surface area contributed by atoms with Crippen molar-refractivity contribution in [2.75, 3.05) is 19.8 Å². The molecule has 0 spiro atoms. The van der Waals surface area contributed by atoms with Gasteiger partial charge in [0.2, 0.25) is 0 Å². The summed E-state index contributed by atoms with van der Waals surface area (Å²) in [5.41, 5.74) is 2.80. The van der Waals surface area contributed by atoms with Crippen LogP contribution in [0.1, 0.15) is 104 Å². The largest absolute Gasteiger partial charge is 0.385 e. The molecule has 244 valence electrons. The van der Waals surface area contributed by atoms with Crippen LogP contribution < -0.4 is 5.32 Å². The van der Waals surface area contributed by atoms with Gasteiger partial charge in [-0.3, -0.25) is 4.79 Å². The first kappa shape index (κ1) is 32.3. The predicted molar refractivity (Wildman–Crippen MR) is 178 cm³/mol. The van der Waals surface area contributed by atoms with Crippen molar-refractivity contribution in [2.45, 2.75) is 115 Å². The van der Waals surface area contributed by atoms with E-state index in [9.17, 15) is 9.90 Å². The number of ether oxygens (including phenoxy) is 1. The molecule has 6 nitrogen and oxygen atoms in total. The zero-order valence-electron chi connectivity index (χ0n) is 27.9. The van der Waals surface area contributed by atoms with Gasteiger partial charge in [-0.2, -0.15) is 0 Å². The van der Waals surface area contributed by atoms with Crippen LogP contribution >= 0.6 is 0 Å². The van der Waals surface area contributed by atoms with Gasteiger partial charge in [-0.15, -0.1) is 6.42 Å². The Morgan fingerprint density at radius 1 is 1.11 bits per heavy atom. The Morgan fingerprint density at radius 3 is 2.64 bits per heavy atom. The fraction of sp³-hybridized carbons (Fsp3) is 0.692. The first-order valence-electron chi connectivity index (χ1n) is 17.6. The summed E-state index contributed by atoms with van der Waals surface area (Å²) in [6.07, 6.45) is 19.2. The highest BCUT2D eigenvalue weighted by Gasteiger charge is 2.63. The standard InChI is InChI=1S/C39H54N2O4/c1-6-39(43)19-16-33-31-13-12-29-24-30(14-17-36(29,4)32(31)15-18-37(33,39)5)41-45-26-35(42)40-22-20-38(28-10-8-7-9-11-28)21-23-44-34(25-38)27(2)3/h1,7-11,24,27,31-34,43H,12-23,25-26H2,2-5H3,(H,40,42)/b41-30-/t31-,32+,33-,34-,36+,37+,38+,39+/m1/s1. The number of amides is 1. The van der Waals surface area contributed by atoms with E-state index in [0.29, 0.717) is 30.2 Å². The monoisotopic (exact) mass is 614 g/mol. The van der Waals surface area contributed by atoms with Gasteiger partial charge in [-0.1, -0.05) is 74.7 Å². The van der Waals surface area contributed by atoms with Crippen LogP contribution in [0.3, 0.4) is 0 Å². The van der Waals surface area contributed by atoms with Gasteiger partial charge in [-0.05, 0) is 111 Å². The molecule has 5 aliphatic rings. The van der Waals surface area contributed by atoms with Gasteiger partial charge in [0, 0.05) is 24.0 Å². The summed E-state index contributed by atoms with van der Waals surface area (Å²) in [5.74, 6) is 4.86. The maximum atomic E-state index is 12.8. The molecule has 6 heteroatoms. The van der Waals surface area contributed by atoms with Crippen molar-refractivity contribution in [3.8, 4) is 12.3 Å². The summed E-state index contributed by atoms with van der Waals surface area (Å²) in [5, 5.41) is 18.8. The van der Waals surface area contributed by atoms with Gasteiger partial charge in [-0.25, -0.2) is 0 Å². The zero-order valence-corrected chi connectivity index (χ0v) is 27.9. The molecule has 1 aromatic carbocycles. The highest BCUT2D eigenvalue weighted by molar-refractivity contribution is 5.96. The number of benzene rings is 1. The van der Waals surface area contributed by atoms with E-state index in [0.717, 1.165) is 82.9 Å². The zero-order chi connectivity index (χ0) is 31.9. The van der Waals surface area contributed by atoms with Gasteiger partial charge in [0.1, 0.15) is 5.60 Å². The molecule has 1 aliphatic heterocycles.